The summed E-state index contributed by atoms with van der Waals surface area (Å²) in [7, 11) is 0. The molecule has 2 aliphatic heterocycles. The van der Waals surface area contributed by atoms with Gasteiger partial charge in [-0.05, 0) is 68.9 Å². The highest BCUT2D eigenvalue weighted by molar-refractivity contribution is 9.10. The van der Waals surface area contributed by atoms with Gasteiger partial charge in [0, 0.05) is 35.3 Å². The number of benzene rings is 2. The van der Waals surface area contributed by atoms with Gasteiger partial charge in [-0.2, -0.15) is 0 Å². The van der Waals surface area contributed by atoms with Crippen LogP contribution in [0.1, 0.15) is 32.3 Å². The zero-order valence-electron chi connectivity index (χ0n) is 16.3. The molecular weight excluding hydrogens is 434 g/mol. The van der Waals surface area contributed by atoms with Gasteiger partial charge in [-0.1, -0.05) is 34.1 Å². The van der Waals surface area contributed by atoms with Crippen molar-refractivity contribution in [3.05, 3.63) is 58.6 Å². The van der Waals surface area contributed by atoms with Crippen LogP contribution in [0.25, 0.3) is 0 Å². The van der Waals surface area contributed by atoms with Gasteiger partial charge in [0.15, 0.2) is 0 Å². The molecule has 0 aliphatic carbocycles. The average Bonchev–Trinajstić information content (AvgIpc) is 2.88. The molecule has 2 heterocycles. The molecular formula is C22H24BrN3OS. The van der Waals surface area contributed by atoms with Crippen LogP contribution in [0.15, 0.2) is 58.0 Å². The predicted octanol–water partition coefficient (Wildman–Crippen LogP) is 5.70. The Balaban J connectivity index is 1.79. The number of nitrogens with zero attached hydrogens (tertiary/aromatic N) is 2. The van der Waals surface area contributed by atoms with E-state index in [1.807, 2.05) is 24.3 Å². The molecule has 146 valence electrons. The van der Waals surface area contributed by atoms with Crippen molar-refractivity contribution in [1.82, 2.24) is 0 Å². The summed E-state index contributed by atoms with van der Waals surface area (Å²) >= 11 is 9.28. The fraction of sp³-hybridized carbons (Fsp3) is 0.364. The highest BCUT2D eigenvalue weighted by Crippen LogP contribution is 2.44. The molecule has 1 spiro atoms. The monoisotopic (exact) mass is 457 g/mol. The molecule has 1 N–H and O–H groups in total. The molecule has 4 nitrogen and oxygen atoms in total. The smallest absolute Gasteiger partial charge is 0.202 e. The van der Waals surface area contributed by atoms with Crippen molar-refractivity contribution >= 4 is 50.5 Å². The van der Waals surface area contributed by atoms with E-state index < -0.39 is 0 Å². The van der Waals surface area contributed by atoms with E-state index in [0.717, 1.165) is 34.5 Å². The number of aryl methyl sites for hydroxylation is 1. The molecule has 6 heteroatoms. The van der Waals surface area contributed by atoms with Gasteiger partial charge in [0.1, 0.15) is 11.4 Å². The Labute approximate surface area is 180 Å². The minimum Gasteiger partial charge on any atom is -0.375 e. The highest BCUT2D eigenvalue weighted by atomic mass is 79.9. The van der Waals surface area contributed by atoms with E-state index >= 15 is 0 Å². The summed E-state index contributed by atoms with van der Waals surface area (Å²) in [4.78, 5) is 7.05. The van der Waals surface area contributed by atoms with Gasteiger partial charge >= 0.3 is 0 Å². The van der Waals surface area contributed by atoms with Gasteiger partial charge in [-0.3, -0.25) is 0 Å². The second kappa shape index (κ2) is 7.25. The summed E-state index contributed by atoms with van der Waals surface area (Å²) in [6.45, 7) is 7.04. The van der Waals surface area contributed by atoms with Gasteiger partial charge in [0.25, 0.3) is 0 Å². The van der Waals surface area contributed by atoms with Crippen LogP contribution in [0.4, 0.5) is 11.4 Å². The van der Waals surface area contributed by atoms with E-state index in [4.69, 9.17) is 21.9 Å². The molecule has 1 saturated heterocycles. The zero-order chi connectivity index (χ0) is 19.9. The third-order valence-electron chi connectivity index (χ3n) is 5.48. The zero-order valence-corrected chi connectivity index (χ0v) is 18.7. The molecule has 0 aromatic heterocycles. The molecule has 1 atom stereocenters. The van der Waals surface area contributed by atoms with E-state index in [9.17, 15) is 0 Å². The first-order chi connectivity index (χ1) is 13.3. The van der Waals surface area contributed by atoms with Crippen molar-refractivity contribution in [2.75, 3.05) is 16.8 Å². The number of hydrogen-bond donors (Lipinski definition) is 1. The van der Waals surface area contributed by atoms with Crippen molar-refractivity contribution in [3.8, 4) is 0 Å². The predicted molar refractivity (Wildman–Crippen MR) is 123 cm³/mol. The van der Waals surface area contributed by atoms with Crippen molar-refractivity contribution in [1.29, 1.82) is 0 Å². The van der Waals surface area contributed by atoms with E-state index in [-0.39, 0.29) is 11.1 Å². The number of halogens is 1. The van der Waals surface area contributed by atoms with Crippen LogP contribution >= 0.6 is 28.1 Å². The fourth-order valence-electron chi connectivity index (χ4n) is 4.20. The van der Waals surface area contributed by atoms with Crippen LogP contribution < -0.4 is 10.2 Å². The lowest BCUT2D eigenvalue weighted by molar-refractivity contribution is -0.0661. The van der Waals surface area contributed by atoms with Crippen LogP contribution in [0, 0.1) is 6.92 Å². The second-order valence-corrected chi connectivity index (χ2v) is 9.34. The largest absolute Gasteiger partial charge is 0.375 e. The molecule has 0 amide bonds. The molecule has 1 fully saturated rings. The van der Waals surface area contributed by atoms with Gasteiger partial charge < -0.3 is 15.0 Å². The van der Waals surface area contributed by atoms with E-state index in [1.165, 1.54) is 5.56 Å². The van der Waals surface area contributed by atoms with Gasteiger partial charge in [-0.25, -0.2) is 4.99 Å². The minimum atomic E-state index is -0.352. The summed E-state index contributed by atoms with van der Waals surface area (Å²) < 4.78 is 7.10. The molecule has 0 unspecified atom stereocenters. The highest BCUT2D eigenvalue weighted by Gasteiger charge is 2.53. The van der Waals surface area contributed by atoms with Gasteiger partial charge in [-0.15, -0.1) is 0 Å². The summed E-state index contributed by atoms with van der Waals surface area (Å²) in [6.07, 6.45) is 1.62. The molecule has 0 bridgehead atoms. The summed E-state index contributed by atoms with van der Waals surface area (Å²) in [5, 5.41) is 4.20. The number of amidine groups is 1. The molecule has 2 aromatic rings. The average molecular weight is 458 g/mol. The number of rotatable bonds is 2. The van der Waals surface area contributed by atoms with E-state index in [0.29, 0.717) is 11.7 Å². The standard InChI is InChI=1S/C22H24BrN3OS/c1-15-6-4-5-7-18(15)24-19-22(12-13-27-21(2,3)14-22)26(20(28)25-19)17-10-8-16(23)9-11-17/h4-11H,12-14H2,1-3H3,(H,24,25,28)/t22-/m1/s1. The third-order valence-corrected chi connectivity index (χ3v) is 6.28. The molecule has 4 rings (SSSR count). The Morgan fingerprint density at radius 3 is 2.54 bits per heavy atom. The topological polar surface area (TPSA) is 36.9 Å². The van der Waals surface area contributed by atoms with E-state index in [2.05, 4.69) is 71.2 Å². The molecule has 28 heavy (non-hydrogen) atoms. The number of para-hydroxylation sites is 1. The molecule has 0 radical (unpaired) electrons. The Bertz CT molecular complexity index is 941. The lowest BCUT2D eigenvalue weighted by Crippen LogP contribution is -2.60. The second-order valence-electron chi connectivity index (χ2n) is 8.06. The van der Waals surface area contributed by atoms with Crippen LogP contribution in [0.5, 0.6) is 0 Å². The molecule has 2 aliphatic rings. The minimum absolute atomic E-state index is 0.264. The number of hydrogen-bond acceptors (Lipinski definition) is 3. The number of ether oxygens (including phenoxy) is 1. The van der Waals surface area contributed by atoms with Gasteiger partial charge in [0.2, 0.25) is 5.11 Å². The first-order valence-electron chi connectivity index (χ1n) is 9.46. The number of thiocarbonyl (C=S) groups is 1. The van der Waals surface area contributed by atoms with Crippen LogP contribution in [0.2, 0.25) is 0 Å². The number of aliphatic imine (C=N–C) groups is 1. The Hall–Kier alpha value is -1.76. The normalized spacial score (nSPS) is 23.8. The summed E-state index contributed by atoms with van der Waals surface area (Å²) in [5.74, 6) is 0.908. The maximum atomic E-state index is 6.05. The fourth-order valence-corrected chi connectivity index (χ4v) is 4.84. The Morgan fingerprint density at radius 2 is 1.86 bits per heavy atom. The van der Waals surface area contributed by atoms with Crippen LogP contribution in [0.3, 0.4) is 0 Å². The van der Waals surface area contributed by atoms with Crippen LogP contribution in [-0.2, 0) is 4.74 Å². The SMILES string of the molecule is Cc1ccccc1NC1=NC(=S)N(c2ccc(Br)cc2)[C@@]12CCOC(C)(C)C2. The van der Waals surface area contributed by atoms with Crippen LogP contribution in [-0.4, -0.2) is 28.7 Å². The quantitative estimate of drug-likeness (QED) is 0.586. The first-order valence-corrected chi connectivity index (χ1v) is 10.7. The molecule has 0 saturated carbocycles. The Kier molecular flexibility index (Phi) is 5.06. The lowest BCUT2D eigenvalue weighted by atomic mass is 9.79. The lowest BCUT2D eigenvalue weighted by Gasteiger charge is -2.48. The number of anilines is 2. The summed E-state index contributed by atoms with van der Waals surface area (Å²) in [5.41, 5.74) is 2.68. The molecule has 2 aromatic carbocycles. The Morgan fingerprint density at radius 1 is 1.14 bits per heavy atom. The summed E-state index contributed by atoms with van der Waals surface area (Å²) in [6, 6.07) is 16.5. The van der Waals surface area contributed by atoms with E-state index in [1.54, 1.807) is 0 Å². The number of nitrogens with one attached hydrogen (secondary N) is 1. The first kappa shape index (κ1) is 19.6. The van der Waals surface area contributed by atoms with Crippen molar-refractivity contribution < 1.29 is 4.74 Å². The van der Waals surface area contributed by atoms with Gasteiger partial charge in [0.05, 0.1) is 5.60 Å². The third kappa shape index (κ3) is 3.49. The van der Waals surface area contributed by atoms with Crippen molar-refractivity contribution in [2.45, 2.75) is 44.8 Å². The maximum Gasteiger partial charge on any atom is 0.202 e. The maximum absolute atomic E-state index is 6.05. The van der Waals surface area contributed by atoms with Crippen molar-refractivity contribution in [2.24, 2.45) is 4.99 Å². The van der Waals surface area contributed by atoms with Crippen molar-refractivity contribution in [3.63, 3.8) is 0 Å².